The van der Waals surface area contributed by atoms with Gasteiger partial charge in [-0.15, -0.1) is 0 Å². The van der Waals surface area contributed by atoms with Gasteiger partial charge in [0.05, 0.1) is 5.52 Å². The number of anilines is 1. The van der Waals surface area contributed by atoms with Gasteiger partial charge in [-0.2, -0.15) is 0 Å². The molecule has 0 saturated heterocycles. The van der Waals surface area contributed by atoms with Gasteiger partial charge in [-0.25, -0.2) is 4.98 Å². The van der Waals surface area contributed by atoms with E-state index in [-0.39, 0.29) is 5.91 Å². The first-order valence-corrected chi connectivity index (χ1v) is 12.5. The molecule has 0 bridgehead atoms. The van der Waals surface area contributed by atoms with Gasteiger partial charge in [0.1, 0.15) is 5.82 Å². The summed E-state index contributed by atoms with van der Waals surface area (Å²) < 4.78 is 0. The molecule has 0 radical (unpaired) electrons. The minimum absolute atomic E-state index is 0.0575. The van der Waals surface area contributed by atoms with E-state index < -0.39 is 0 Å². The molecule has 1 aromatic heterocycles. The van der Waals surface area contributed by atoms with Crippen molar-refractivity contribution in [2.45, 2.75) is 26.7 Å². The smallest absolute Gasteiger partial charge is 0.253 e. The maximum atomic E-state index is 12.7. The fourth-order valence-corrected chi connectivity index (χ4v) is 4.30. The van der Waals surface area contributed by atoms with Crippen LogP contribution in [-0.4, -0.2) is 69.0 Å². The van der Waals surface area contributed by atoms with Crippen molar-refractivity contribution in [1.82, 2.24) is 14.8 Å². The maximum Gasteiger partial charge on any atom is 0.253 e. The molecule has 0 N–H and O–H groups in total. The lowest BCUT2D eigenvalue weighted by molar-refractivity contribution is 0.0786. The Balaban J connectivity index is 1.80. The Morgan fingerprint density at radius 2 is 1.67 bits per heavy atom. The lowest BCUT2D eigenvalue weighted by Gasteiger charge is -2.20. The number of allylic oxidation sites excluding steroid dienone is 2. The predicted molar refractivity (Wildman–Crippen MR) is 154 cm³/mol. The molecule has 3 rings (SSSR count). The Hall–Kier alpha value is -3.44. The van der Waals surface area contributed by atoms with E-state index in [2.05, 4.69) is 66.6 Å². The number of benzene rings is 2. The number of amides is 1. The molecule has 0 aliphatic carbocycles. The van der Waals surface area contributed by atoms with E-state index in [1.807, 2.05) is 53.4 Å². The van der Waals surface area contributed by atoms with E-state index in [0.29, 0.717) is 6.54 Å². The van der Waals surface area contributed by atoms with Crippen LogP contribution in [0.2, 0.25) is 0 Å². The molecule has 0 fully saturated rings. The van der Waals surface area contributed by atoms with Crippen LogP contribution in [0.1, 0.15) is 39.0 Å². The molecule has 190 valence electrons. The standard InChI is InChI=1S/C31H40N4O/c1-9-24(11-12-25-13-15-26(16-14-25)31(36)35(8)19-18-33(4)5)21-28-23(3)30(34(6)7)32-29-20-22(2)10-17-27(28)29/h9-10,13-17,20-21H,1,11-12,18-19H2,2-8H3/b24-21+. The van der Waals surface area contributed by atoms with Gasteiger partial charge in [0.15, 0.2) is 0 Å². The maximum absolute atomic E-state index is 12.7. The lowest BCUT2D eigenvalue weighted by Crippen LogP contribution is -2.33. The van der Waals surface area contributed by atoms with Crippen LogP contribution in [0, 0.1) is 13.8 Å². The first-order chi connectivity index (χ1) is 17.1. The second-order valence-electron chi connectivity index (χ2n) is 10.0. The number of nitrogens with zero attached hydrogens (tertiary/aromatic N) is 4. The molecule has 36 heavy (non-hydrogen) atoms. The largest absolute Gasteiger partial charge is 0.362 e. The van der Waals surface area contributed by atoms with Crippen LogP contribution in [0.25, 0.3) is 17.0 Å². The highest BCUT2D eigenvalue weighted by Gasteiger charge is 2.14. The number of aryl methyl sites for hydroxylation is 2. The highest BCUT2D eigenvalue weighted by molar-refractivity contribution is 5.94. The van der Waals surface area contributed by atoms with Crippen molar-refractivity contribution in [3.63, 3.8) is 0 Å². The molecule has 0 unspecified atom stereocenters. The van der Waals surface area contributed by atoms with Crippen LogP contribution in [0.15, 0.2) is 60.7 Å². The number of pyridine rings is 1. The van der Waals surface area contributed by atoms with Gasteiger partial charge in [0.2, 0.25) is 0 Å². The molecule has 0 aliphatic heterocycles. The number of likely N-dealkylation sites (N-methyl/N-ethyl adjacent to an activating group) is 2. The molecular formula is C31H40N4O. The number of fused-ring (bicyclic) bond motifs is 1. The molecule has 1 amide bonds. The van der Waals surface area contributed by atoms with E-state index in [9.17, 15) is 4.79 Å². The zero-order chi connectivity index (χ0) is 26.4. The molecule has 0 aliphatic rings. The Morgan fingerprint density at radius 1 is 0.972 bits per heavy atom. The molecule has 1 heterocycles. The number of hydrogen-bond acceptors (Lipinski definition) is 4. The second-order valence-corrected chi connectivity index (χ2v) is 10.0. The van der Waals surface area contributed by atoms with Crippen LogP contribution in [0.4, 0.5) is 5.82 Å². The van der Waals surface area contributed by atoms with E-state index in [1.165, 1.54) is 22.3 Å². The highest BCUT2D eigenvalue weighted by Crippen LogP contribution is 2.30. The third-order valence-electron chi connectivity index (χ3n) is 6.56. The molecular weight excluding hydrogens is 444 g/mol. The molecule has 0 spiro atoms. The summed E-state index contributed by atoms with van der Waals surface area (Å²) in [4.78, 5) is 23.5. The third kappa shape index (κ3) is 6.61. The van der Waals surface area contributed by atoms with Crippen LogP contribution in [0.5, 0.6) is 0 Å². The Morgan fingerprint density at radius 3 is 2.28 bits per heavy atom. The van der Waals surface area contributed by atoms with Gasteiger partial charge in [-0.1, -0.05) is 43.0 Å². The van der Waals surface area contributed by atoms with Crippen molar-refractivity contribution in [3.8, 4) is 0 Å². The number of rotatable bonds is 10. The van der Waals surface area contributed by atoms with Crippen LogP contribution in [-0.2, 0) is 6.42 Å². The number of hydrogen-bond donors (Lipinski definition) is 0. The predicted octanol–water partition coefficient (Wildman–Crippen LogP) is 5.75. The van der Waals surface area contributed by atoms with E-state index in [0.717, 1.165) is 47.2 Å². The summed E-state index contributed by atoms with van der Waals surface area (Å²) in [6.07, 6.45) is 5.95. The molecule has 0 saturated carbocycles. The zero-order valence-corrected chi connectivity index (χ0v) is 22.9. The van der Waals surface area contributed by atoms with Crippen LogP contribution < -0.4 is 4.90 Å². The Bertz CT molecular complexity index is 1260. The number of carbonyl (C=O) groups excluding carboxylic acids is 1. The molecule has 0 atom stereocenters. The van der Waals surface area contributed by atoms with Crippen molar-refractivity contribution in [1.29, 1.82) is 0 Å². The molecule has 5 nitrogen and oxygen atoms in total. The zero-order valence-electron chi connectivity index (χ0n) is 22.9. The minimum Gasteiger partial charge on any atom is -0.362 e. The monoisotopic (exact) mass is 484 g/mol. The third-order valence-corrected chi connectivity index (χ3v) is 6.56. The summed E-state index contributed by atoms with van der Waals surface area (Å²) in [7, 11) is 9.95. The van der Waals surface area contributed by atoms with E-state index >= 15 is 0 Å². The first-order valence-electron chi connectivity index (χ1n) is 12.5. The second kappa shape index (κ2) is 12.0. The summed E-state index contributed by atoms with van der Waals surface area (Å²) in [5.74, 6) is 1.04. The first kappa shape index (κ1) is 27.2. The molecule has 3 aromatic rings. The van der Waals surface area contributed by atoms with Gasteiger partial charge in [0, 0.05) is 45.2 Å². The Labute approximate surface area is 216 Å². The minimum atomic E-state index is 0.0575. The SMILES string of the molecule is C=C/C(=C\c1c(C)c(N(C)C)nc2cc(C)ccc12)CCc1ccc(C(=O)N(C)CCN(C)C)cc1. The normalized spacial score (nSPS) is 11.7. The lowest BCUT2D eigenvalue weighted by atomic mass is 9.96. The summed E-state index contributed by atoms with van der Waals surface area (Å²) in [6, 6.07) is 14.5. The molecule has 5 heteroatoms. The summed E-state index contributed by atoms with van der Waals surface area (Å²) >= 11 is 0. The van der Waals surface area contributed by atoms with Crippen molar-refractivity contribution in [2.24, 2.45) is 0 Å². The van der Waals surface area contributed by atoms with Crippen LogP contribution in [0.3, 0.4) is 0 Å². The number of carbonyl (C=O) groups is 1. The van der Waals surface area contributed by atoms with E-state index in [4.69, 9.17) is 4.98 Å². The van der Waals surface area contributed by atoms with Crippen molar-refractivity contribution in [2.75, 3.05) is 53.2 Å². The van der Waals surface area contributed by atoms with Gasteiger partial charge in [-0.3, -0.25) is 4.79 Å². The Kier molecular flexibility index (Phi) is 9.05. The van der Waals surface area contributed by atoms with Gasteiger partial charge < -0.3 is 14.7 Å². The average Bonchev–Trinajstić information content (AvgIpc) is 2.85. The fourth-order valence-electron chi connectivity index (χ4n) is 4.30. The summed E-state index contributed by atoms with van der Waals surface area (Å²) in [6.45, 7) is 9.88. The fraction of sp³-hybridized carbons (Fsp3) is 0.355. The summed E-state index contributed by atoms with van der Waals surface area (Å²) in [5.41, 5.74) is 7.68. The molecule has 2 aromatic carbocycles. The average molecular weight is 485 g/mol. The van der Waals surface area contributed by atoms with Gasteiger partial charge >= 0.3 is 0 Å². The van der Waals surface area contributed by atoms with E-state index in [1.54, 1.807) is 4.90 Å². The summed E-state index contributed by atoms with van der Waals surface area (Å²) in [5, 5.41) is 1.16. The topological polar surface area (TPSA) is 39.7 Å². The van der Waals surface area contributed by atoms with Crippen molar-refractivity contribution >= 4 is 28.7 Å². The highest BCUT2D eigenvalue weighted by atomic mass is 16.2. The quantitative estimate of drug-likeness (QED) is 0.343. The van der Waals surface area contributed by atoms with Gasteiger partial charge in [0.25, 0.3) is 5.91 Å². The van der Waals surface area contributed by atoms with Crippen molar-refractivity contribution < 1.29 is 4.79 Å². The van der Waals surface area contributed by atoms with Crippen LogP contribution >= 0.6 is 0 Å². The number of aromatic nitrogens is 1. The van der Waals surface area contributed by atoms with Gasteiger partial charge in [-0.05, 0) is 86.8 Å². The van der Waals surface area contributed by atoms with Crippen molar-refractivity contribution in [3.05, 3.63) is 88.5 Å².